The lowest BCUT2D eigenvalue weighted by atomic mass is 9.97. The van der Waals surface area contributed by atoms with Gasteiger partial charge in [-0.2, -0.15) is 0 Å². The summed E-state index contributed by atoms with van der Waals surface area (Å²) in [5.74, 6) is 0.913. The van der Waals surface area contributed by atoms with Gasteiger partial charge in [-0.3, -0.25) is 4.79 Å². The van der Waals surface area contributed by atoms with E-state index in [0.717, 1.165) is 25.2 Å². The molecule has 0 radical (unpaired) electrons. The average molecular weight is 369 g/mol. The highest BCUT2D eigenvalue weighted by Gasteiger charge is 2.26. The number of esters is 1. The van der Waals surface area contributed by atoms with E-state index in [1.165, 1.54) is 7.11 Å². The van der Waals surface area contributed by atoms with Crippen LogP contribution in [0.15, 0.2) is 48.7 Å². The summed E-state index contributed by atoms with van der Waals surface area (Å²) in [6.07, 6.45) is 3.58. The first-order valence-electron chi connectivity index (χ1n) is 8.92. The number of nitrogens with one attached hydrogen (secondary N) is 1. The molecule has 0 saturated carbocycles. The molecule has 0 unspecified atom stereocenters. The maximum Gasteiger partial charge on any atom is 0.343 e. The number of rotatable bonds is 6. The third kappa shape index (κ3) is 5.20. The smallest absolute Gasteiger partial charge is 0.343 e. The summed E-state index contributed by atoms with van der Waals surface area (Å²) >= 11 is 0. The van der Waals surface area contributed by atoms with Crippen LogP contribution in [-0.4, -0.2) is 43.7 Å². The fourth-order valence-corrected chi connectivity index (χ4v) is 3.02. The third-order valence-corrected chi connectivity index (χ3v) is 4.47. The molecular formula is C20H23N3O4. The Balaban J connectivity index is 1.54. The van der Waals surface area contributed by atoms with Crippen LogP contribution in [0.3, 0.4) is 0 Å². The molecule has 1 aliphatic heterocycles. The molecule has 1 N–H and O–H groups in total. The van der Waals surface area contributed by atoms with E-state index in [4.69, 9.17) is 4.74 Å². The largest absolute Gasteiger partial charge is 0.482 e. The number of pyridine rings is 1. The summed E-state index contributed by atoms with van der Waals surface area (Å²) in [7, 11) is 1.31. The Kier molecular flexibility index (Phi) is 6.25. The number of carbonyl (C=O) groups excluding carboxylic acids is 2. The van der Waals surface area contributed by atoms with Crippen molar-refractivity contribution in [3.8, 4) is 5.75 Å². The molecule has 1 atom stereocenters. The molecule has 7 heteroatoms. The summed E-state index contributed by atoms with van der Waals surface area (Å²) in [5, 5.41) is 2.95. The Morgan fingerprint density at radius 1 is 1.22 bits per heavy atom. The van der Waals surface area contributed by atoms with Gasteiger partial charge in [-0.25, -0.2) is 9.78 Å². The molecule has 1 fully saturated rings. The van der Waals surface area contributed by atoms with E-state index < -0.39 is 5.97 Å². The molecule has 1 aromatic carbocycles. The Morgan fingerprint density at radius 3 is 2.74 bits per heavy atom. The number of hydrogen-bond donors (Lipinski definition) is 1. The summed E-state index contributed by atoms with van der Waals surface area (Å²) in [5.41, 5.74) is 0.695. The molecule has 3 rings (SSSR count). The number of hydrogen-bond acceptors (Lipinski definition) is 6. The maximum atomic E-state index is 12.6. The minimum Gasteiger partial charge on any atom is -0.482 e. The SMILES string of the molecule is COC(=O)COc1ccc(NC(=O)[C@H]2CCCN(c3ccccn3)C2)cc1. The maximum absolute atomic E-state index is 12.6. The molecule has 1 amide bonds. The van der Waals surface area contributed by atoms with Gasteiger partial charge in [-0.1, -0.05) is 6.07 Å². The number of amides is 1. The minimum atomic E-state index is -0.442. The number of nitrogens with zero attached hydrogens (tertiary/aromatic N) is 2. The topological polar surface area (TPSA) is 80.8 Å². The summed E-state index contributed by atoms with van der Waals surface area (Å²) < 4.78 is 9.82. The van der Waals surface area contributed by atoms with Gasteiger partial charge in [-0.15, -0.1) is 0 Å². The number of benzene rings is 1. The number of ether oxygens (including phenoxy) is 2. The van der Waals surface area contributed by atoms with Crippen molar-refractivity contribution in [3.63, 3.8) is 0 Å². The molecular weight excluding hydrogens is 346 g/mol. The van der Waals surface area contributed by atoms with Crippen LogP contribution in [-0.2, 0) is 14.3 Å². The quantitative estimate of drug-likeness (QED) is 0.788. The van der Waals surface area contributed by atoms with Crippen LogP contribution in [0, 0.1) is 5.92 Å². The molecule has 7 nitrogen and oxygen atoms in total. The van der Waals surface area contributed by atoms with Crippen molar-refractivity contribution in [2.45, 2.75) is 12.8 Å². The van der Waals surface area contributed by atoms with Crippen LogP contribution < -0.4 is 15.0 Å². The Morgan fingerprint density at radius 2 is 2.04 bits per heavy atom. The number of anilines is 2. The van der Waals surface area contributed by atoms with Crippen LogP contribution in [0.1, 0.15) is 12.8 Å². The second-order valence-corrected chi connectivity index (χ2v) is 6.35. The van der Waals surface area contributed by atoms with Crippen LogP contribution in [0.5, 0.6) is 5.75 Å². The fourth-order valence-electron chi connectivity index (χ4n) is 3.02. The minimum absolute atomic E-state index is 0.00106. The molecule has 2 aromatic rings. The van der Waals surface area contributed by atoms with E-state index in [0.29, 0.717) is 18.0 Å². The third-order valence-electron chi connectivity index (χ3n) is 4.47. The zero-order valence-corrected chi connectivity index (χ0v) is 15.3. The molecule has 0 spiro atoms. The zero-order chi connectivity index (χ0) is 19.1. The molecule has 2 heterocycles. The van der Waals surface area contributed by atoms with Crippen molar-refractivity contribution in [1.82, 2.24) is 4.98 Å². The molecule has 142 valence electrons. The van der Waals surface area contributed by atoms with E-state index in [-0.39, 0.29) is 18.4 Å². The van der Waals surface area contributed by atoms with Crippen LogP contribution >= 0.6 is 0 Å². The normalized spacial score (nSPS) is 16.5. The van der Waals surface area contributed by atoms with Gasteiger partial charge in [0.2, 0.25) is 5.91 Å². The standard InChI is InChI=1S/C20H23N3O4/c1-26-19(24)14-27-17-9-7-16(8-10-17)22-20(25)15-5-4-12-23(13-15)18-6-2-3-11-21-18/h2-3,6-11,15H,4-5,12-14H2,1H3,(H,22,25)/t15-/m0/s1. The summed E-state index contributed by atoms with van der Waals surface area (Å²) in [6, 6.07) is 12.7. The molecule has 1 saturated heterocycles. The van der Waals surface area contributed by atoms with Crippen LogP contribution in [0.25, 0.3) is 0 Å². The van der Waals surface area contributed by atoms with Crippen LogP contribution in [0.4, 0.5) is 11.5 Å². The van der Waals surface area contributed by atoms with Gasteiger partial charge in [0, 0.05) is 25.0 Å². The highest BCUT2D eigenvalue weighted by Crippen LogP contribution is 2.23. The van der Waals surface area contributed by atoms with Gasteiger partial charge in [0.15, 0.2) is 6.61 Å². The van der Waals surface area contributed by atoms with Gasteiger partial charge in [0.25, 0.3) is 0 Å². The highest BCUT2D eigenvalue weighted by molar-refractivity contribution is 5.93. The second-order valence-electron chi connectivity index (χ2n) is 6.35. The lowest BCUT2D eigenvalue weighted by Gasteiger charge is -2.32. The number of piperidine rings is 1. The molecule has 1 aromatic heterocycles. The number of methoxy groups -OCH3 is 1. The van der Waals surface area contributed by atoms with Crippen molar-refractivity contribution in [2.75, 3.05) is 37.0 Å². The average Bonchev–Trinajstić information content (AvgIpc) is 2.73. The lowest BCUT2D eigenvalue weighted by molar-refractivity contribution is -0.142. The molecule has 27 heavy (non-hydrogen) atoms. The predicted molar refractivity (Wildman–Crippen MR) is 102 cm³/mol. The molecule has 1 aliphatic rings. The molecule has 0 aliphatic carbocycles. The number of aromatic nitrogens is 1. The predicted octanol–water partition coefficient (Wildman–Crippen LogP) is 2.49. The zero-order valence-electron chi connectivity index (χ0n) is 15.3. The van der Waals surface area contributed by atoms with Gasteiger partial charge in [0.1, 0.15) is 11.6 Å². The van der Waals surface area contributed by atoms with Crippen molar-refractivity contribution in [2.24, 2.45) is 5.92 Å². The van der Waals surface area contributed by atoms with Gasteiger partial charge in [0.05, 0.1) is 13.0 Å². The molecule has 0 bridgehead atoms. The Labute approximate surface area is 158 Å². The first-order valence-corrected chi connectivity index (χ1v) is 8.92. The van der Waals surface area contributed by atoms with Crippen LogP contribution in [0.2, 0.25) is 0 Å². The van der Waals surface area contributed by atoms with Crippen molar-refractivity contribution in [3.05, 3.63) is 48.7 Å². The monoisotopic (exact) mass is 369 g/mol. The highest BCUT2D eigenvalue weighted by atomic mass is 16.6. The van der Waals surface area contributed by atoms with Crippen molar-refractivity contribution >= 4 is 23.4 Å². The second kappa shape index (κ2) is 9.02. The summed E-state index contributed by atoms with van der Waals surface area (Å²) in [6.45, 7) is 1.42. The summed E-state index contributed by atoms with van der Waals surface area (Å²) in [4.78, 5) is 30.2. The Hall–Kier alpha value is -3.09. The van der Waals surface area contributed by atoms with Gasteiger partial charge >= 0.3 is 5.97 Å². The van der Waals surface area contributed by atoms with Crippen molar-refractivity contribution < 1.29 is 19.1 Å². The lowest BCUT2D eigenvalue weighted by Crippen LogP contribution is -2.41. The van der Waals surface area contributed by atoms with E-state index >= 15 is 0 Å². The fraction of sp³-hybridized carbons (Fsp3) is 0.350. The first kappa shape index (κ1) is 18.7. The van der Waals surface area contributed by atoms with Crippen molar-refractivity contribution in [1.29, 1.82) is 0 Å². The Bertz CT molecular complexity index is 765. The van der Waals surface area contributed by atoms with E-state index in [1.807, 2.05) is 18.2 Å². The van der Waals surface area contributed by atoms with E-state index in [9.17, 15) is 9.59 Å². The van der Waals surface area contributed by atoms with E-state index in [1.54, 1.807) is 30.5 Å². The number of carbonyl (C=O) groups is 2. The van der Waals surface area contributed by atoms with E-state index in [2.05, 4.69) is 19.9 Å². The van der Waals surface area contributed by atoms with Gasteiger partial charge in [-0.05, 0) is 49.2 Å². The van der Waals surface area contributed by atoms with Gasteiger partial charge < -0.3 is 19.7 Å². The first-order chi connectivity index (χ1) is 13.2.